The number of anilines is 2. The van der Waals surface area contributed by atoms with E-state index in [1.165, 1.54) is 6.20 Å². The van der Waals surface area contributed by atoms with E-state index >= 15 is 0 Å². The largest absolute Gasteiger partial charge is 0.394 e. The summed E-state index contributed by atoms with van der Waals surface area (Å²) in [4.78, 5) is 9.77. The van der Waals surface area contributed by atoms with E-state index in [4.69, 9.17) is 22.1 Å². The fraction of sp³-hybridized carbons (Fsp3) is 0.600. The first-order valence-electron chi connectivity index (χ1n) is 5.11. The Morgan fingerprint density at radius 2 is 2.25 bits per heavy atom. The Morgan fingerprint density at radius 3 is 2.88 bits per heavy atom. The summed E-state index contributed by atoms with van der Waals surface area (Å²) >= 11 is 5.71. The van der Waals surface area contributed by atoms with Crippen LogP contribution in [0, 0.1) is 0 Å². The molecule has 1 rings (SSSR count). The first-order chi connectivity index (χ1) is 7.50. The van der Waals surface area contributed by atoms with Gasteiger partial charge in [-0.3, -0.25) is 0 Å². The Kier molecular flexibility index (Phi) is 4.76. The lowest BCUT2D eigenvalue weighted by Crippen LogP contribution is -2.25. The van der Waals surface area contributed by atoms with Crippen LogP contribution in [-0.4, -0.2) is 36.3 Å². The molecule has 6 heteroatoms. The van der Waals surface area contributed by atoms with Gasteiger partial charge in [0.15, 0.2) is 5.82 Å². The van der Waals surface area contributed by atoms with Gasteiger partial charge in [-0.1, -0.05) is 0 Å². The maximum Gasteiger partial charge on any atom is 0.224 e. The Labute approximate surface area is 101 Å². The number of aromatic nitrogens is 2. The molecule has 2 N–H and O–H groups in total. The molecule has 0 unspecified atom stereocenters. The minimum Gasteiger partial charge on any atom is -0.394 e. The van der Waals surface area contributed by atoms with Gasteiger partial charge in [0.2, 0.25) is 5.28 Å². The normalized spacial score (nSPS) is 10.8. The lowest BCUT2D eigenvalue weighted by molar-refractivity contribution is 0.0845. The van der Waals surface area contributed by atoms with Crippen LogP contribution < -0.4 is 10.6 Å². The fourth-order valence-electron chi connectivity index (χ4n) is 1.20. The molecule has 1 aromatic rings. The summed E-state index contributed by atoms with van der Waals surface area (Å²) in [6, 6.07) is 0. The van der Waals surface area contributed by atoms with Gasteiger partial charge in [0.05, 0.1) is 24.6 Å². The van der Waals surface area contributed by atoms with E-state index in [2.05, 4.69) is 9.97 Å². The van der Waals surface area contributed by atoms with Gasteiger partial charge in [0.25, 0.3) is 0 Å². The van der Waals surface area contributed by atoms with Crippen molar-refractivity contribution in [1.29, 1.82) is 0 Å². The lowest BCUT2D eigenvalue weighted by Gasteiger charge is -2.20. The molecule has 0 atom stereocenters. The summed E-state index contributed by atoms with van der Waals surface area (Å²) in [5.74, 6) is 0.632. The van der Waals surface area contributed by atoms with E-state index in [0.29, 0.717) is 24.7 Å². The second-order valence-electron chi connectivity index (χ2n) is 3.76. The molecule has 0 saturated heterocycles. The van der Waals surface area contributed by atoms with Crippen molar-refractivity contribution in [2.45, 2.75) is 20.0 Å². The third-order valence-electron chi connectivity index (χ3n) is 2.01. The number of hydrogen-bond donors (Lipinski definition) is 1. The summed E-state index contributed by atoms with van der Waals surface area (Å²) in [5.41, 5.74) is 6.27. The third-order valence-corrected chi connectivity index (χ3v) is 2.19. The van der Waals surface area contributed by atoms with Gasteiger partial charge in [-0.2, -0.15) is 4.98 Å². The predicted octanol–water partition coefficient (Wildman–Crippen LogP) is 1.57. The molecular weight excluding hydrogens is 228 g/mol. The average Bonchev–Trinajstić information content (AvgIpc) is 2.21. The van der Waals surface area contributed by atoms with Crippen molar-refractivity contribution in [3.8, 4) is 0 Å². The van der Waals surface area contributed by atoms with Gasteiger partial charge in [0, 0.05) is 13.6 Å². The molecule has 0 saturated carbocycles. The Balaban J connectivity index is 2.58. The highest BCUT2D eigenvalue weighted by Crippen LogP contribution is 2.19. The summed E-state index contributed by atoms with van der Waals surface area (Å²) < 4.78 is 5.45. The van der Waals surface area contributed by atoms with Crippen LogP contribution in [0.4, 0.5) is 11.5 Å². The molecule has 0 aliphatic rings. The molecule has 0 spiro atoms. The summed E-state index contributed by atoms with van der Waals surface area (Å²) in [6.07, 6.45) is 1.73. The van der Waals surface area contributed by atoms with Crippen molar-refractivity contribution in [3.63, 3.8) is 0 Å². The van der Waals surface area contributed by atoms with E-state index in [9.17, 15) is 0 Å². The standard InChI is InChI=1S/C10H17ClN4O/c1-7(2)16-5-4-15(3)9-8(12)6-13-10(11)14-9/h6-7H,4-5,12H2,1-3H3. The number of rotatable bonds is 5. The summed E-state index contributed by atoms with van der Waals surface area (Å²) in [6.45, 7) is 5.32. The SMILES string of the molecule is CC(C)OCCN(C)c1nc(Cl)ncc1N. The van der Waals surface area contributed by atoms with Crippen molar-refractivity contribution in [2.75, 3.05) is 30.8 Å². The molecule has 0 amide bonds. The average molecular weight is 245 g/mol. The third kappa shape index (κ3) is 3.83. The van der Waals surface area contributed by atoms with Crippen LogP contribution in [0.3, 0.4) is 0 Å². The zero-order valence-corrected chi connectivity index (χ0v) is 10.5. The first-order valence-corrected chi connectivity index (χ1v) is 5.49. The van der Waals surface area contributed by atoms with Gasteiger partial charge < -0.3 is 15.4 Å². The van der Waals surface area contributed by atoms with Crippen molar-refractivity contribution < 1.29 is 4.74 Å². The van der Waals surface area contributed by atoms with Gasteiger partial charge >= 0.3 is 0 Å². The Bertz CT molecular complexity index is 346. The number of likely N-dealkylation sites (N-methyl/N-ethyl adjacent to an activating group) is 1. The smallest absolute Gasteiger partial charge is 0.224 e. The zero-order chi connectivity index (χ0) is 12.1. The van der Waals surface area contributed by atoms with Crippen molar-refractivity contribution in [2.24, 2.45) is 0 Å². The molecule has 0 aliphatic heterocycles. The molecule has 90 valence electrons. The van der Waals surface area contributed by atoms with Gasteiger partial charge in [0.1, 0.15) is 0 Å². The fourth-order valence-corrected chi connectivity index (χ4v) is 1.33. The Morgan fingerprint density at radius 1 is 1.56 bits per heavy atom. The first kappa shape index (κ1) is 13.0. The number of ether oxygens (including phenoxy) is 1. The zero-order valence-electron chi connectivity index (χ0n) is 9.77. The number of hydrogen-bond acceptors (Lipinski definition) is 5. The highest BCUT2D eigenvalue weighted by molar-refractivity contribution is 6.28. The molecule has 0 bridgehead atoms. The van der Waals surface area contributed by atoms with Crippen LogP contribution in [0.5, 0.6) is 0 Å². The minimum absolute atomic E-state index is 0.195. The monoisotopic (exact) mass is 244 g/mol. The molecular formula is C10H17ClN4O. The maximum atomic E-state index is 5.76. The highest BCUT2D eigenvalue weighted by atomic mass is 35.5. The van der Waals surface area contributed by atoms with Crippen LogP contribution in [0.1, 0.15) is 13.8 Å². The second kappa shape index (κ2) is 5.86. The minimum atomic E-state index is 0.195. The van der Waals surface area contributed by atoms with Gasteiger partial charge in [-0.25, -0.2) is 4.98 Å². The predicted molar refractivity (Wildman–Crippen MR) is 65.8 cm³/mol. The summed E-state index contributed by atoms with van der Waals surface area (Å²) in [7, 11) is 1.89. The van der Waals surface area contributed by atoms with E-state index in [1.54, 1.807) is 0 Å². The van der Waals surface area contributed by atoms with Crippen molar-refractivity contribution in [3.05, 3.63) is 11.5 Å². The van der Waals surface area contributed by atoms with E-state index in [1.807, 2.05) is 25.8 Å². The molecule has 0 aromatic carbocycles. The molecule has 5 nitrogen and oxygen atoms in total. The number of nitrogens with two attached hydrogens (primary N) is 1. The summed E-state index contributed by atoms with van der Waals surface area (Å²) in [5, 5.41) is 0.195. The second-order valence-corrected chi connectivity index (χ2v) is 4.10. The number of nitrogen functional groups attached to an aromatic ring is 1. The molecule has 0 fully saturated rings. The van der Waals surface area contributed by atoms with E-state index in [-0.39, 0.29) is 11.4 Å². The topological polar surface area (TPSA) is 64.3 Å². The van der Waals surface area contributed by atoms with Crippen molar-refractivity contribution >= 4 is 23.1 Å². The quantitative estimate of drug-likeness (QED) is 0.797. The molecule has 0 aliphatic carbocycles. The highest BCUT2D eigenvalue weighted by Gasteiger charge is 2.08. The van der Waals surface area contributed by atoms with Gasteiger partial charge in [-0.05, 0) is 25.4 Å². The molecule has 1 heterocycles. The van der Waals surface area contributed by atoms with Crippen LogP contribution in [0.25, 0.3) is 0 Å². The van der Waals surface area contributed by atoms with Crippen LogP contribution in [0.15, 0.2) is 6.20 Å². The van der Waals surface area contributed by atoms with Gasteiger partial charge in [-0.15, -0.1) is 0 Å². The van der Waals surface area contributed by atoms with E-state index < -0.39 is 0 Å². The molecule has 0 radical (unpaired) electrons. The number of nitrogens with zero attached hydrogens (tertiary/aromatic N) is 3. The lowest BCUT2D eigenvalue weighted by atomic mass is 10.4. The number of halogens is 1. The van der Waals surface area contributed by atoms with Crippen LogP contribution in [-0.2, 0) is 4.74 Å². The van der Waals surface area contributed by atoms with E-state index in [0.717, 1.165) is 0 Å². The van der Waals surface area contributed by atoms with Crippen LogP contribution in [0.2, 0.25) is 5.28 Å². The van der Waals surface area contributed by atoms with Crippen LogP contribution >= 0.6 is 11.6 Å². The molecule has 1 aromatic heterocycles. The Hall–Kier alpha value is -1.07. The maximum absolute atomic E-state index is 5.76. The van der Waals surface area contributed by atoms with Crippen molar-refractivity contribution in [1.82, 2.24) is 9.97 Å². The molecule has 16 heavy (non-hydrogen) atoms.